The first-order valence-corrected chi connectivity index (χ1v) is 8.42. The summed E-state index contributed by atoms with van der Waals surface area (Å²) in [5.41, 5.74) is 5.83. The molecule has 1 aromatic heterocycles. The van der Waals surface area contributed by atoms with Crippen molar-refractivity contribution in [3.8, 4) is 0 Å². The molecule has 21 heavy (non-hydrogen) atoms. The molecular weight excluding hydrogens is 288 g/mol. The van der Waals surface area contributed by atoms with Crippen molar-refractivity contribution >= 4 is 28.2 Å². The number of thiazole rings is 1. The van der Waals surface area contributed by atoms with Crippen LogP contribution >= 0.6 is 11.3 Å². The van der Waals surface area contributed by atoms with E-state index in [0.29, 0.717) is 29.2 Å². The first kappa shape index (κ1) is 14.6. The van der Waals surface area contributed by atoms with Crippen LogP contribution in [-0.4, -0.2) is 34.7 Å². The van der Waals surface area contributed by atoms with E-state index in [2.05, 4.69) is 15.6 Å². The number of aromatic nitrogens is 1. The van der Waals surface area contributed by atoms with E-state index >= 15 is 0 Å². The third-order valence-corrected chi connectivity index (χ3v) is 5.13. The standard InChI is InChI=1S/C14H22N4O2S/c15-12-11(21-14(18-12)17-9-3-4-9)13(20)16-7-8-1-5-10(19)6-2-8/h8-10,19H,1-7,15H2,(H,16,20)(H,17,18). The quantitative estimate of drug-likeness (QED) is 0.661. The first-order chi connectivity index (χ1) is 10.1. The Bertz CT molecular complexity index is 507. The van der Waals surface area contributed by atoms with E-state index in [9.17, 15) is 9.90 Å². The molecule has 0 spiro atoms. The minimum Gasteiger partial charge on any atom is -0.393 e. The molecule has 1 heterocycles. The molecule has 0 saturated heterocycles. The molecule has 116 valence electrons. The predicted molar refractivity (Wildman–Crippen MR) is 83.5 cm³/mol. The van der Waals surface area contributed by atoms with Crippen LogP contribution in [0, 0.1) is 5.92 Å². The summed E-state index contributed by atoms with van der Waals surface area (Å²) in [5, 5.41) is 16.4. The zero-order chi connectivity index (χ0) is 14.8. The van der Waals surface area contributed by atoms with E-state index in [1.165, 1.54) is 11.3 Å². The van der Waals surface area contributed by atoms with Crippen molar-refractivity contribution in [2.75, 3.05) is 17.6 Å². The van der Waals surface area contributed by atoms with Gasteiger partial charge in [-0.05, 0) is 44.4 Å². The fraction of sp³-hybridized carbons (Fsp3) is 0.714. The Morgan fingerprint density at radius 1 is 1.29 bits per heavy atom. The van der Waals surface area contributed by atoms with Crippen molar-refractivity contribution in [2.24, 2.45) is 5.92 Å². The van der Waals surface area contributed by atoms with E-state index < -0.39 is 0 Å². The summed E-state index contributed by atoms with van der Waals surface area (Å²) in [6.45, 7) is 0.647. The lowest BCUT2D eigenvalue weighted by molar-refractivity contribution is 0.0914. The van der Waals surface area contributed by atoms with Gasteiger partial charge in [-0.1, -0.05) is 11.3 Å². The maximum absolute atomic E-state index is 12.2. The molecule has 0 aliphatic heterocycles. The molecule has 2 saturated carbocycles. The van der Waals surface area contributed by atoms with Gasteiger partial charge in [0.1, 0.15) is 10.7 Å². The van der Waals surface area contributed by atoms with Gasteiger partial charge in [0.15, 0.2) is 5.13 Å². The lowest BCUT2D eigenvalue weighted by atomic mass is 9.87. The molecule has 5 N–H and O–H groups in total. The molecule has 7 heteroatoms. The molecule has 0 radical (unpaired) electrons. The van der Waals surface area contributed by atoms with Crippen molar-refractivity contribution in [2.45, 2.75) is 50.7 Å². The summed E-state index contributed by atoms with van der Waals surface area (Å²) >= 11 is 1.32. The Balaban J connectivity index is 1.51. The van der Waals surface area contributed by atoms with Crippen molar-refractivity contribution in [1.82, 2.24) is 10.3 Å². The maximum Gasteiger partial charge on any atom is 0.265 e. The largest absolute Gasteiger partial charge is 0.393 e. The molecular formula is C14H22N4O2S. The molecule has 1 amide bonds. The summed E-state index contributed by atoms with van der Waals surface area (Å²) in [6.07, 6.45) is 5.76. The summed E-state index contributed by atoms with van der Waals surface area (Å²) in [4.78, 5) is 16.9. The number of nitrogen functional groups attached to an aromatic ring is 1. The molecule has 6 nitrogen and oxygen atoms in total. The topological polar surface area (TPSA) is 100 Å². The predicted octanol–water partition coefficient (Wildman–Crippen LogP) is 1.58. The number of rotatable bonds is 5. The number of nitrogens with one attached hydrogen (secondary N) is 2. The number of carbonyl (C=O) groups excluding carboxylic acids is 1. The van der Waals surface area contributed by atoms with Crippen molar-refractivity contribution < 1.29 is 9.90 Å². The Morgan fingerprint density at radius 3 is 2.67 bits per heavy atom. The van der Waals surface area contributed by atoms with Crippen LogP contribution in [0.3, 0.4) is 0 Å². The summed E-state index contributed by atoms with van der Waals surface area (Å²) < 4.78 is 0. The molecule has 2 aliphatic rings. The SMILES string of the molecule is Nc1nc(NC2CC2)sc1C(=O)NCC1CCC(O)CC1. The molecule has 2 aliphatic carbocycles. The lowest BCUT2D eigenvalue weighted by Crippen LogP contribution is -2.32. The minimum absolute atomic E-state index is 0.139. The molecule has 0 aromatic carbocycles. The molecule has 1 aromatic rings. The first-order valence-electron chi connectivity index (χ1n) is 7.61. The van der Waals surface area contributed by atoms with Gasteiger partial charge in [0, 0.05) is 12.6 Å². The number of nitrogens with two attached hydrogens (primary N) is 1. The van der Waals surface area contributed by atoms with Crippen LogP contribution in [0.25, 0.3) is 0 Å². The number of amides is 1. The van der Waals surface area contributed by atoms with Gasteiger partial charge in [0.05, 0.1) is 6.10 Å². The second-order valence-electron chi connectivity index (χ2n) is 6.04. The Kier molecular flexibility index (Phi) is 4.30. The highest BCUT2D eigenvalue weighted by molar-refractivity contribution is 7.18. The van der Waals surface area contributed by atoms with Crippen LogP contribution in [0.5, 0.6) is 0 Å². The van der Waals surface area contributed by atoms with Crippen LogP contribution in [0.2, 0.25) is 0 Å². The highest BCUT2D eigenvalue weighted by Crippen LogP contribution is 2.30. The number of anilines is 2. The second-order valence-corrected chi connectivity index (χ2v) is 7.04. The summed E-state index contributed by atoms with van der Waals surface area (Å²) in [7, 11) is 0. The fourth-order valence-electron chi connectivity index (χ4n) is 2.62. The fourth-order valence-corrected chi connectivity index (χ4v) is 3.50. The van der Waals surface area contributed by atoms with Crippen molar-refractivity contribution in [3.63, 3.8) is 0 Å². The van der Waals surface area contributed by atoms with Crippen LogP contribution in [0.15, 0.2) is 0 Å². The van der Waals surface area contributed by atoms with Crippen LogP contribution < -0.4 is 16.4 Å². The van der Waals surface area contributed by atoms with Gasteiger partial charge in [0.25, 0.3) is 5.91 Å². The van der Waals surface area contributed by atoms with E-state index in [4.69, 9.17) is 5.73 Å². The van der Waals surface area contributed by atoms with Crippen molar-refractivity contribution in [1.29, 1.82) is 0 Å². The van der Waals surface area contributed by atoms with E-state index in [-0.39, 0.29) is 12.0 Å². The molecule has 0 atom stereocenters. The normalized spacial score (nSPS) is 25.6. The lowest BCUT2D eigenvalue weighted by Gasteiger charge is -2.25. The van der Waals surface area contributed by atoms with Crippen molar-refractivity contribution in [3.05, 3.63) is 4.88 Å². The third-order valence-electron chi connectivity index (χ3n) is 4.13. The summed E-state index contributed by atoms with van der Waals surface area (Å²) in [5.74, 6) is 0.621. The highest BCUT2D eigenvalue weighted by atomic mass is 32.1. The molecule has 3 rings (SSSR count). The van der Waals surface area contributed by atoms with E-state index in [1.54, 1.807) is 0 Å². The number of hydrogen-bond acceptors (Lipinski definition) is 6. The molecule has 2 fully saturated rings. The highest BCUT2D eigenvalue weighted by Gasteiger charge is 2.25. The van der Waals surface area contributed by atoms with Gasteiger partial charge in [0.2, 0.25) is 0 Å². The second kappa shape index (κ2) is 6.19. The van der Waals surface area contributed by atoms with E-state index in [0.717, 1.165) is 43.7 Å². The zero-order valence-electron chi connectivity index (χ0n) is 12.0. The van der Waals surface area contributed by atoms with Crippen LogP contribution in [0.4, 0.5) is 10.9 Å². The third kappa shape index (κ3) is 3.85. The van der Waals surface area contributed by atoms with Crippen LogP contribution in [0.1, 0.15) is 48.2 Å². The number of nitrogens with zero attached hydrogens (tertiary/aromatic N) is 1. The van der Waals surface area contributed by atoms with Gasteiger partial charge in [-0.25, -0.2) is 4.98 Å². The minimum atomic E-state index is -0.162. The van der Waals surface area contributed by atoms with Gasteiger partial charge in [-0.15, -0.1) is 0 Å². The number of hydrogen-bond donors (Lipinski definition) is 4. The monoisotopic (exact) mass is 310 g/mol. The maximum atomic E-state index is 12.2. The Hall–Kier alpha value is -1.34. The Morgan fingerprint density at radius 2 is 2.00 bits per heavy atom. The van der Waals surface area contributed by atoms with Gasteiger partial charge < -0.3 is 21.5 Å². The van der Waals surface area contributed by atoms with Gasteiger partial charge in [-0.3, -0.25) is 4.79 Å². The van der Waals surface area contributed by atoms with Crippen LogP contribution in [-0.2, 0) is 0 Å². The van der Waals surface area contributed by atoms with Gasteiger partial charge >= 0.3 is 0 Å². The number of aliphatic hydroxyl groups is 1. The molecule has 0 bridgehead atoms. The smallest absolute Gasteiger partial charge is 0.265 e. The zero-order valence-corrected chi connectivity index (χ0v) is 12.8. The van der Waals surface area contributed by atoms with Gasteiger partial charge in [-0.2, -0.15) is 0 Å². The average Bonchev–Trinajstić information content (AvgIpc) is 3.19. The van der Waals surface area contributed by atoms with E-state index in [1.807, 2.05) is 0 Å². The number of carbonyl (C=O) groups is 1. The average molecular weight is 310 g/mol. The Labute approximate surface area is 128 Å². The number of aliphatic hydroxyl groups excluding tert-OH is 1. The molecule has 0 unspecified atom stereocenters. The summed E-state index contributed by atoms with van der Waals surface area (Å²) in [6, 6.07) is 0.500.